The van der Waals surface area contributed by atoms with E-state index in [4.69, 9.17) is 0 Å². The van der Waals surface area contributed by atoms with Crippen molar-refractivity contribution in [3.63, 3.8) is 0 Å². The molecule has 0 fully saturated rings. The second-order valence-electron chi connectivity index (χ2n) is 7.77. The van der Waals surface area contributed by atoms with Crippen LogP contribution in [0.1, 0.15) is 29.7 Å². The highest BCUT2D eigenvalue weighted by Gasteiger charge is 2.40. The predicted octanol–water partition coefficient (Wildman–Crippen LogP) is 3.83. The topological polar surface area (TPSA) is 68.8 Å². The minimum atomic E-state index is -1.79. The maximum absolute atomic E-state index is 14.7. The van der Waals surface area contributed by atoms with Gasteiger partial charge in [-0.2, -0.15) is 10.2 Å². The molecule has 0 unspecified atom stereocenters. The number of rotatable bonds is 8. The van der Waals surface area contributed by atoms with Crippen LogP contribution in [0.4, 0.5) is 13.2 Å². The maximum atomic E-state index is 14.7. The lowest BCUT2D eigenvalue weighted by Crippen LogP contribution is -2.40. The van der Waals surface area contributed by atoms with E-state index in [1.165, 1.54) is 35.5 Å². The molecule has 0 radical (unpaired) electrons. The first-order valence-corrected chi connectivity index (χ1v) is 10.1. The van der Waals surface area contributed by atoms with Crippen LogP contribution in [0.5, 0.6) is 0 Å². The summed E-state index contributed by atoms with van der Waals surface area (Å²) in [5.74, 6) is -1.87. The second kappa shape index (κ2) is 8.96. The van der Waals surface area contributed by atoms with Crippen molar-refractivity contribution in [2.24, 2.45) is 0 Å². The van der Waals surface area contributed by atoms with Crippen LogP contribution in [-0.2, 0) is 25.0 Å². The molecule has 0 aliphatic carbocycles. The van der Waals surface area contributed by atoms with Gasteiger partial charge in [0, 0.05) is 17.8 Å². The van der Waals surface area contributed by atoms with Gasteiger partial charge in [-0.1, -0.05) is 18.2 Å². The summed E-state index contributed by atoms with van der Waals surface area (Å²) < 4.78 is 44.2. The monoisotopic (exact) mass is 441 g/mol. The van der Waals surface area contributed by atoms with Gasteiger partial charge in [0.1, 0.15) is 35.7 Å². The fraction of sp³-hybridized carbons (Fsp3) is 0.261. The van der Waals surface area contributed by atoms with Gasteiger partial charge in [0.25, 0.3) is 0 Å². The van der Waals surface area contributed by atoms with E-state index < -0.39 is 23.3 Å². The Bertz CT molecular complexity index is 1180. The molecule has 0 saturated carbocycles. The zero-order valence-electron chi connectivity index (χ0n) is 17.4. The van der Waals surface area contributed by atoms with Gasteiger partial charge in [-0.05, 0) is 49.1 Å². The fourth-order valence-corrected chi connectivity index (χ4v) is 3.72. The van der Waals surface area contributed by atoms with Crippen LogP contribution >= 0.6 is 0 Å². The minimum absolute atomic E-state index is 0.0646. The molecule has 9 heteroatoms. The first kappa shape index (κ1) is 21.8. The van der Waals surface area contributed by atoms with Crippen molar-refractivity contribution in [1.29, 1.82) is 0 Å². The van der Waals surface area contributed by atoms with Gasteiger partial charge >= 0.3 is 0 Å². The Morgan fingerprint density at radius 1 is 0.969 bits per heavy atom. The number of benzene rings is 2. The fourth-order valence-electron chi connectivity index (χ4n) is 3.72. The van der Waals surface area contributed by atoms with Crippen molar-refractivity contribution in [2.75, 3.05) is 0 Å². The predicted molar refractivity (Wildman–Crippen MR) is 111 cm³/mol. The molecule has 166 valence electrons. The van der Waals surface area contributed by atoms with Gasteiger partial charge in [0.15, 0.2) is 0 Å². The molecule has 2 heterocycles. The molecule has 2 atom stereocenters. The quantitative estimate of drug-likeness (QED) is 0.451. The van der Waals surface area contributed by atoms with Gasteiger partial charge < -0.3 is 5.11 Å². The Labute approximate surface area is 183 Å². The van der Waals surface area contributed by atoms with Crippen LogP contribution in [0.2, 0.25) is 0 Å². The smallest absolute Gasteiger partial charge is 0.137 e. The van der Waals surface area contributed by atoms with E-state index in [-0.39, 0.29) is 17.9 Å². The van der Waals surface area contributed by atoms with E-state index in [1.807, 2.05) is 0 Å². The van der Waals surface area contributed by atoms with Crippen molar-refractivity contribution in [3.05, 3.63) is 102 Å². The number of hydrogen-bond donors (Lipinski definition) is 1. The average molecular weight is 441 g/mol. The van der Waals surface area contributed by atoms with Crippen molar-refractivity contribution in [1.82, 2.24) is 24.5 Å². The lowest BCUT2D eigenvalue weighted by atomic mass is 9.86. The van der Waals surface area contributed by atoms with E-state index in [0.29, 0.717) is 12.8 Å². The molecule has 0 amide bonds. The van der Waals surface area contributed by atoms with Crippen LogP contribution in [0.25, 0.3) is 0 Å². The van der Waals surface area contributed by atoms with Crippen LogP contribution < -0.4 is 0 Å². The highest BCUT2D eigenvalue weighted by atomic mass is 19.1. The molecule has 0 saturated heterocycles. The van der Waals surface area contributed by atoms with Crippen LogP contribution in [-0.4, -0.2) is 29.7 Å². The molecule has 0 bridgehead atoms. The van der Waals surface area contributed by atoms with Crippen molar-refractivity contribution in [3.8, 4) is 0 Å². The Morgan fingerprint density at radius 2 is 1.69 bits per heavy atom. The summed E-state index contributed by atoms with van der Waals surface area (Å²) in [7, 11) is 0. The molecule has 1 N–H and O–H groups in total. The number of aliphatic hydroxyl groups is 1. The number of hydrogen-bond acceptors (Lipinski definition) is 4. The first-order chi connectivity index (χ1) is 15.3. The molecular formula is C23H22F3N5O. The summed E-state index contributed by atoms with van der Waals surface area (Å²) in [5.41, 5.74) is 0.0449. The zero-order chi connectivity index (χ0) is 22.7. The highest BCUT2D eigenvalue weighted by molar-refractivity contribution is 5.27. The molecule has 2 aromatic heterocycles. The maximum Gasteiger partial charge on any atom is 0.137 e. The number of aromatic nitrogens is 5. The Balaban J connectivity index is 1.59. The van der Waals surface area contributed by atoms with Gasteiger partial charge in [0.05, 0.1) is 18.8 Å². The highest BCUT2D eigenvalue weighted by Crippen LogP contribution is 2.36. The number of nitrogens with zero attached hydrogens (tertiary/aromatic N) is 5. The SMILES string of the molecule is C[C@@H](n1cc(CCc2ccc(F)cc2)cn1)[C@](O)(Cn1cncn1)c1ccc(F)cc1F. The molecule has 32 heavy (non-hydrogen) atoms. The summed E-state index contributed by atoms with van der Waals surface area (Å²) in [4.78, 5) is 3.87. The number of halogens is 3. The number of aryl methyl sites for hydroxylation is 2. The van der Waals surface area contributed by atoms with Gasteiger partial charge in [-0.15, -0.1) is 0 Å². The van der Waals surface area contributed by atoms with Crippen LogP contribution in [0, 0.1) is 17.5 Å². The molecule has 0 aliphatic rings. The summed E-state index contributed by atoms with van der Waals surface area (Å²) in [5, 5.41) is 20.0. The normalized spacial score (nSPS) is 14.3. The zero-order valence-corrected chi connectivity index (χ0v) is 17.4. The van der Waals surface area contributed by atoms with E-state index in [1.54, 1.807) is 36.1 Å². The third-order valence-electron chi connectivity index (χ3n) is 5.63. The Hall–Kier alpha value is -3.46. The molecule has 6 nitrogen and oxygen atoms in total. The van der Waals surface area contributed by atoms with Crippen LogP contribution in [0.15, 0.2) is 67.5 Å². The first-order valence-electron chi connectivity index (χ1n) is 10.1. The van der Waals surface area contributed by atoms with E-state index in [9.17, 15) is 18.3 Å². The molecular weight excluding hydrogens is 419 g/mol. The third kappa shape index (κ3) is 4.57. The molecule has 2 aromatic carbocycles. The summed E-state index contributed by atoms with van der Waals surface area (Å²) in [6, 6.07) is 8.67. The van der Waals surface area contributed by atoms with Gasteiger partial charge in [-0.25, -0.2) is 22.8 Å². The van der Waals surface area contributed by atoms with Crippen LogP contribution in [0.3, 0.4) is 0 Å². The van der Waals surface area contributed by atoms with Crippen molar-refractivity contribution >= 4 is 0 Å². The third-order valence-corrected chi connectivity index (χ3v) is 5.63. The molecule has 4 rings (SSSR count). The van der Waals surface area contributed by atoms with Gasteiger partial charge in [0.2, 0.25) is 0 Å². The summed E-state index contributed by atoms with van der Waals surface area (Å²) in [6.45, 7) is 1.60. The van der Waals surface area contributed by atoms with E-state index in [2.05, 4.69) is 15.2 Å². The molecule has 0 aliphatic heterocycles. The molecule has 4 aromatic rings. The van der Waals surface area contributed by atoms with E-state index >= 15 is 0 Å². The lowest BCUT2D eigenvalue weighted by molar-refractivity contribution is -0.0369. The summed E-state index contributed by atoms with van der Waals surface area (Å²) in [6.07, 6.45) is 7.53. The van der Waals surface area contributed by atoms with Crippen molar-refractivity contribution < 1.29 is 18.3 Å². The standard InChI is InChI=1S/C23H22F3N5O/c1-16(31-12-18(11-28-31)3-2-17-4-6-19(24)7-5-17)23(32,13-30-15-27-14-29-30)21-9-8-20(25)10-22(21)26/h4-12,14-16,32H,2-3,13H2,1H3/t16-,23-/m1/s1. The minimum Gasteiger partial charge on any atom is -0.381 e. The average Bonchev–Trinajstić information content (AvgIpc) is 3.44. The van der Waals surface area contributed by atoms with Crippen molar-refractivity contribution in [2.45, 2.75) is 38.0 Å². The lowest BCUT2D eigenvalue weighted by Gasteiger charge is -2.34. The Kier molecular flexibility index (Phi) is 6.09. The van der Waals surface area contributed by atoms with Gasteiger partial charge in [-0.3, -0.25) is 4.68 Å². The van der Waals surface area contributed by atoms with E-state index in [0.717, 1.165) is 23.3 Å². The summed E-state index contributed by atoms with van der Waals surface area (Å²) >= 11 is 0. The largest absolute Gasteiger partial charge is 0.381 e. The molecule has 0 spiro atoms. The second-order valence-corrected chi connectivity index (χ2v) is 7.77. The Morgan fingerprint density at radius 3 is 2.38 bits per heavy atom.